The van der Waals surface area contributed by atoms with Crippen LogP contribution in [-0.2, 0) is 0 Å². The molecule has 19 heavy (non-hydrogen) atoms. The lowest BCUT2D eigenvalue weighted by Gasteiger charge is -2.10. The Morgan fingerprint density at radius 2 is 1.84 bits per heavy atom. The zero-order valence-corrected chi connectivity index (χ0v) is 11.1. The van der Waals surface area contributed by atoms with Crippen LogP contribution in [0.15, 0.2) is 58.8 Å². The molecule has 2 aromatic carbocycles. The lowest BCUT2D eigenvalue weighted by atomic mass is 10.1. The minimum atomic E-state index is -0.115. The van der Waals surface area contributed by atoms with Crippen LogP contribution in [0, 0.1) is 0 Å². The Labute approximate surface area is 112 Å². The molecule has 0 aliphatic carbocycles. The highest BCUT2D eigenvalue weighted by molar-refractivity contribution is 5.52. The van der Waals surface area contributed by atoms with Crippen molar-refractivity contribution in [2.24, 2.45) is 10.2 Å². The van der Waals surface area contributed by atoms with E-state index in [1.807, 2.05) is 55.5 Å². The minimum Gasteiger partial charge on any atom is -0.497 e. The maximum Gasteiger partial charge on any atom is 0.119 e. The van der Waals surface area contributed by atoms with Crippen molar-refractivity contribution in [2.45, 2.75) is 13.0 Å². The Morgan fingerprint density at radius 3 is 2.53 bits per heavy atom. The van der Waals surface area contributed by atoms with Crippen molar-refractivity contribution in [3.05, 3.63) is 54.1 Å². The van der Waals surface area contributed by atoms with E-state index in [1.165, 1.54) is 0 Å². The second-order valence-electron chi connectivity index (χ2n) is 4.22. The first kappa shape index (κ1) is 13.1. The van der Waals surface area contributed by atoms with Gasteiger partial charge in [0.25, 0.3) is 0 Å². The highest BCUT2D eigenvalue weighted by atomic mass is 16.5. The number of rotatable bonds is 4. The number of hydrogen-bond acceptors (Lipinski definition) is 4. The van der Waals surface area contributed by atoms with Gasteiger partial charge in [-0.05, 0) is 37.3 Å². The zero-order chi connectivity index (χ0) is 13.7. The van der Waals surface area contributed by atoms with Crippen LogP contribution in [0.4, 0.5) is 11.4 Å². The van der Waals surface area contributed by atoms with E-state index in [-0.39, 0.29) is 6.04 Å². The number of methoxy groups -OCH3 is 1. The summed E-state index contributed by atoms with van der Waals surface area (Å²) in [5.74, 6) is 0.769. The molecular weight excluding hydrogens is 238 g/mol. The largest absolute Gasteiger partial charge is 0.497 e. The molecule has 0 saturated carbocycles. The van der Waals surface area contributed by atoms with Crippen molar-refractivity contribution in [3.63, 3.8) is 0 Å². The summed E-state index contributed by atoms with van der Waals surface area (Å²) in [4.78, 5) is 0. The number of nitrogens with two attached hydrogens (primary N) is 1. The highest BCUT2D eigenvalue weighted by Gasteiger charge is 2.09. The van der Waals surface area contributed by atoms with Crippen LogP contribution >= 0.6 is 0 Å². The van der Waals surface area contributed by atoms with Crippen molar-refractivity contribution in [2.75, 3.05) is 12.8 Å². The Hall–Kier alpha value is -2.36. The molecule has 0 fully saturated rings. The first-order valence-electron chi connectivity index (χ1n) is 6.10. The van der Waals surface area contributed by atoms with Crippen LogP contribution in [0.1, 0.15) is 18.5 Å². The number of nitrogens with zero attached hydrogens (tertiary/aromatic N) is 2. The number of anilines is 1. The second-order valence-corrected chi connectivity index (χ2v) is 4.22. The van der Waals surface area contributed by atoms with Gasteiger partial charge in [0, 0.05) is 11.3 Å². The lowest BCUT2D eigenvalue weighted by Crippen LogP contribution is -1.98. The number of nitrogen functional groups attached to an aromatic ring is 1. The van der Waals surface area contributed by atoms with E-state index in [0.717, 1.165) is 17.0 Å². The summed E-state index contributed by atoms with van der Waals surface area (Å²) in [5, 5.41) is 8.50. The van der Waals surface area contributed by atoms with Gasteiger partial charge in [-0.2, -0.15) is 10.2 Å². The van der Waals surface area contributed by atoms with Crippen molar-refractivity contribution in [3.8, 4) is 5.75 Å². The van der Waals surface area contributed by atoms with Crippen LogP contribution in [0.2, 0.25) is 0 Å². The summed E-state index contributed by atoms with van der Waals surface area (Å²) in [7, 11) is 1.63. The van der Waals surface area contributed by atoms with Gasteiger partial charge in [-0.1, -0.05) is 18.2 Å². The monoisotopic (exact) mass is 255 g/mol. The first-order chi connectivity index (χ1) is 9.20. The molecular formula is C15H17N3O. The van der Waals surface area contributed by atoms with Gasteiger partial charge in [0.2, 0.25) is 0 Å². The fourth-order valence-corrected chi connectivity index (χ4v) is 1.75. The molecule has 2 aromatic rings. The molecule has 0 amide bonds. The average molecular weight is 255 g/mol. The third-order valence-electron chi connectivity index (χ3n) is 2.85. The van der Waals surface area contributed by atoms with Crippen LogP contribution in [0.5, 0.6) is 5.75 Å². The molecule has 0 radical (unpaired) electrons. The Bertz CT molecular complexity index is 567. The molecule has 4 heteroatoms. The quantitative estimate of drug-likeness (QED) is 0.659. The molecule has 0 aliphatic rings. The predicted molar refractivity (Wildman–Crippen MR) is 76.8 cm³/mol. The second kappa shape index (κ2) is 6.00. The molecule has 0 spiro atoms. The fraction of sp³-hybridized carbons (Fsp3) is 0.200. The summed E-state index contributed by atoms with van der Waals surface area (Å²) in [6.07, 6.45) is 0. The highest BCUT2D eigenvalue weighted by Crippen LogP contribution is 2.28. The summed E-state index contributed by atoms with van der Waals surface area (Å²) in [6.45, 7) is 1.96. The maximum atomic E-state index is 5.96. The third kappa shape index (κ3) is 3.31. The maximum absolute atomic E-state index is 5.96. The molecule has 0 aliphatic heterocycles. The summed E-state index contributed by atoms with van der Waals surface area (Å²) < 4.78 is 5.19. The van der Waals surface area contributed by atoms with Crippen molar-refractivity contribution >= 4 is 11.4 Å². The lowest BCUT2D eigenvalue weighted by molar-refractivity contribution is 0.414. The number of ether oxygens (including phenoxy) is 1. The zero-order valence-electron chi connectivity index (χ0n) is 11.1. The van der Waals surface area contributed by atoms with Gasteiger partial charge in [0.1, 0.15) is 5.75 Å². The fourth-order valence-electron chi connectivity index (χ4n) is 1.75. The smallest absolute Gasteiger partial charge is 0.119 e. The van der Waals surface area contributed by atoms with Crippen LogP contribution in [-0.4, -0.2) is 7.11 Å². The minimum absolute atomic E-state index is 0.115. The van der Waals surface area contributed by atoms with Crippen LogP contribution < -0.4 is 10.5 Å². The molecule has 1 atom stereocenters. The molecule has 0 aromatic heterocycles. The van der Waals surface area contributed by atoms with Gasteiger partial charge < -0.3 is 10.5 Å². The molecule has 2 N–H and O–H groups in total. The first-order valence-corrected chi connectivity index (χ1v) is 6.10. The van der Waals surface area contributed by atoms with Gasteiger partial charge >= 0.3 is 0 Å². The van der Waals surface area contributed by atoms with E-state index in [1.54, 1.807) is 7.11 Å². The number of azo groups is 1. The predicted octanol–water partition coefficient (Wildman–Crippen LogP) is 4.12. The molecule has 4 nitrogen and oxygen atoms in total. The van der Waals surface area contributed by atoms with Crippen molar-refractivity contribution in [1.29, 1.82) is 0 Å². The van der Waals surface area contributed by atoms with Gasteiger partial charge in [0.05, 0.1) is 18.8 Å². The van der Waals surface area contributed by atoms with E-state index in [0.29, 0.717) is 5.69 Å². The van der Waals surface area contributed by atoms with E-state index in [9.17, 15) is 0 Å². The third-order valence-corrected chi connectivity index (χ3v) is 2.85. The van der Waals surface area contributed by atoms with Crippen LogP contribution in [0.3, 0.4) is 0 Å². The summed E-state index contributed by atoms with van der Waals surface area (Å²) >= 11 is 0. The molecule has 0 heterocycles. The van der Waals surface area contributed by atoms with Crippen LogP contribution in [0.25, 0.3) is 0 Å². The average Bonchev–Trinajstić information content (AvgIpc) is 2.46. The number of hydrogen-bond donors (Lipinski definition) is 1. The molecule has 98 valence electrons. The molecule has 0 bridgehead atoms. The van der Waals surface area contributed by atoms with Crippen molar-refractivity contribution in [1.82, 2.24) is 0 Å². The standard InChI is InChI=1S/C15H17N3O/c1-11(17-18-12-6-4-3-5-7-12)14-10-13(19-2)8-9-15(14)16/h3-11H,16H2,1-2H3. The molecule has 0 saturated heterocycles. The van der Waals surface area contributed by atoms with E-state index < -0.39 is 0 Å². The van der Waals surface area contributed by atoms with Crippen molar-refractivity contribution < 1.29 is 4.74 Å². The number of benzene rings is 2. The molecule has 1 unspecified atom stereocenters. The van der Waals surface area contributed by atoms with Gasteiger partial charge in [-0.15, -0.1) is 0 Å². The summed E-state index contributed by atoms with van der Waals surface area (Å²) in [6, 6.07) is 15.1. The SMILES string of the molecule is COc1ccc(N)c(C(C)N=Nc2ccccc2)c1. The van der Waals surface area contributed by atoms with Gasteiger partial charge in [-0.25, -0.2) is 0 Å². The topological polar surface area (TPSA) is 60.0 Å². The Morgan fingerprint density at radius 1 is 1.11 bits per heavy atom. The van der Waals surface area contributed by atoms with E-state index in [4.69, 9.17) is 10.5 Å². The van der Waals surface area contributed by atoms with E-state index >= 15 is 0 Å². The summed E-state index contributed by atoms with van der Waals surface area (Å²) in [5.41, 5.74) is 8.40. The van der Waals surface area contributed by atoms with E-state index in [2.05, 4.69) is 10.2 Å². The van der Waals surface area contributed by atoms with Gasteiger partial charge in [0.15, 0.2) is 0 Å². The Kier molecular flexibility index (Phi) is 4.13. The normalized spacial score (nSPS) is 12.5. The molecule has 2 rings (SSSR count). The van der Waals surface area contributed by atoms with Gasteiger partial charge in [-0.3, -0.25) is 0 Å². The Balaban J connectivity index is 2.20.